The van der Waals surface area contributed by atoms with Crippen molar-refractivity contribution in [2.75, 3.05) is 46.9 Å². The molecule has 0 bridgehead atoms. The molecular formula is C22H37N3O3+2. The molecule has 1 aliphatic heterocycles. The molecule has 1 aromatic carbocycles. The summed E-state index contributed by atoms with van der Waals surface area (Å²) < 4.78 is 10.9. The molecule has 2 aliphatic rings. The number of ether oxygens (including phenoxy) is 2. The normalized spacial score (nSPS) is 27.8. The van der Waals surface area contributed by atoms with Gasteiger partial charge in [-0.2, -0.15) is 0 Å². The van der Waals surface area contributed by atoms with Crippen LogP contribution in [0.4, 0.5) is 0 Å². The first-order valence-corrected chi connectivity index (χ1v) is 10.8. The molecule has 28 heavy (non-hydrogen) atoms. The molecule has 0 unspecified atom stereocenters. The lowest BCUT2D eigenvalue weighted by molar-refractivity contribution is -1.02. The van der Waals surface area contributed by atoms with E-state index < -0.39 is 0 Å². The molecular weight excluding hydrogens is 354 g/mol. The molecule has 0 radical (unpaired) electrons. The van der Waals surface area contributed by atoms with E-state index in [0.29, 0.717) is 18.5 Å². The summed E-state index contributed by atoms with van der Waals surface area (Å²) in [7, 11) is 3.41. The third-order valence-electron chi connectivity index (χ3n) is 6.46. The Morgan fingerprint density at radius 2 is 1.79 bits per heavy atom. The summed E-state index contributed by atoms with van der Waals surface area (Å²) in [6.07, 6.45) is 4.94. The van der Waals surface area contributed by atoms with E-state index in [1.165, 1.54) is 34.6 Å². The Hall–Kier alpha value is -1.79. The number of hydrogen-bond donors (Lipinski definition) is 3. The lowest BCUT2D eigenvalue weighted by Gasteiger charge is -2.32. The fourth-order valence-electron chi connectivity index (χ4n) is 4.62. The highest BCUT2D eigenvalue weighted by Gasteiger charge is 2.28. The van der Waals surface area contributed by atoms with Gasteiger partial charge in [0.05, 0.1) is 19.8 Å². The quantitative estimate of drug-likeness (QED) is 0.597. The Balaban J connectivity index is 1.45. The lowest BCUT2D eigenvalue weighted by Crippen LogP contribution is -3.28. The third-order valence-corrected chi connectivity index (χ3v) is 6.46. The fourth-order valence-corrected chi connectivity index (χ4v) is 4.62. The summed E-state index contributed by atoms with van der Waals surface area (Å²) >= 11 is 0. The largest absolute Gasteiger partial charge is 0.497 e. The van der Waals surface area contributed by atoms with Gasteiger partial charge in [-0.25, -0.2) is 0 Å². The van der Waals surface area contributed by atoms with Crippen LogP contribution in [0.15, 0.2) is 18.2 Å². The van der Waals surface area contributed by atoms with Gasteiger partial charge in [-0.1, -0.05) is 19.8 Å². The van der Waals surface area contributed by atoms with E-state index in [1.54, 1.807) is 14.2 Å². The number of amides is 1. The minimum Gasteiger partial charge on any atom is -0.497 e. The predicted molar refractivity (Wildman–Crippen MR) is 109 cm³/mol. The molecule has 0 spiro atoms. The number of piperazine rings is 1. The highest BCUT2D eigenvalue weighted by Crippen LogP contribution is 2.24. The molecule has 1 heterocycles. The predicted octanol–water partition coefficient (Wildman–Crippen LogP) is -0.318. The van der Waals surface area contributed by atoms with Gasteiger partial charge in [-0.3, -0.25) is 4.79 Å². The van der Waals surface area contributed by atoms with Crippen LogP contribution in [0.25, 0.3) is 0 Å². The second-order valence-corrected chi connectivity index (χ2v) is 8.47. The molecule has 3 N–H and O–H groups in total. The molecule has 6 heteroatoms. The number of rotatable bonds is 7. The molecule has 2 fully saturated rings. The molecule has 2 atom stereocenters. The highest BCUT2D eigenvalue weighted by atomic mass is 16.5. The summed E-state index contributed by atoms with van der Waals surface area (Å²) in [5.41, 5.74) is 1.18. The van der Waals surface area contributed by atoms with E-state index in [9.17, 15) is 4.79 Å². The van der Waals surface area contributed by atoms with Crippen molar-refractivity contribution < 1.29 is 24.1 Å². The van der Waals surface area contributed by atoms with Crippen molar-refractivity contribution in [2.45, 2.75) is 45.2 Å². The minimum absolute atomic E-state index is 0.228. The Bertz CT molecular complexity index is 644. The Kier molecular flexibility index (Phi) is 7.57. The summed E-state index contributed by atoms with van der Waals surface area (Å²) in [6.45, 7) is 8.03. The molecule has 1 saturated heterocycles. The number of methoxy groups -OCH3 is 2. The van der Waals surface area contributed by atoms with E-state index in [4.69, 9.17) is 9.47 Å². The van der Waals surface area contributed by atoms with Gasteiger partial charge < -0.3 is 24.6 Å². The average Bonchev–Trinajstić information content (AvgIpc) is 2.71. The number of nitrogens with one attached hydrogen (secondary N) is 3. The standard InChI is InChI=1S/C22H35N3O3/c1-17-6-4-5-7-20(17)23-22(26)16-25-12-10-24(11-13-25)15-18-14-19(27-2)8-9-21(18)28-3/h8-9,14,17,20H,4-7,10-13,15-16H2,1-3H3,(H,23,26)/p+2/t17-,20-/m1/s1. The molecule has 1 saturated carbocycles. The van der Waals surface area contributed by atoms with Gasteiger partial charge in [0, 0.05) is 6.04 Å². The van der Waals surface area contributed by atoms with Gasteiger partial charge in [-0.05, 0) is 37.0 Å². The zero-order valence-electron chi connectivity index (χ0n) is 17.7. The molecule has 6 nitrogen and oxygen atoms in total. The number of benzene rings is 1. The second-order valence-electron chi connectivity index (χ2n) is 8.47. The van der Waals surface area contributed by atoms with Gasteiger partial charge in [0.25, 0.3) is 5.91 Å². The Morgan fingerprint density at radius 1 is 1.07 bits per heavy atom. The van der Waals surface area contributed by atoms with Crippen molar-refractivity contribution >= 4 is 5.91 Å². The van der Waals surface area contributed by atoms with Gasteiger partial charge in [0.15, 0.2) is 6.54 Å². The van der Waals surface area contributed by atoms with Crippen molar-refractivity contribution in [1.29, 1.82) is 0 Å². The van der Waals surface area contributed by atoms with Gasteiger partial charge in [-0.15, -0.1) is 0 Å². The van der Waals surface area contributed by atoms with Crippen molar-refractivity contribution in [3.63, 3.8) is 0 Å². The SMILES string of the molecule is COc1ccc(OC)c(C[NH+]2CC[NH+](CC(=O)N[C@@H]3CCCC[C@H]3C)CC2)c1. The van der Waals surface area contributed by atoms with Crippen LogP contribution in [-0.4, -0.2) is 58.9 Å². The molecule has 1 aliphatic carbocycles. The zero-order chi connectivity index (χ0) is 19.9. The number of carbonyl (C=O) groups excluding carboxylic acids is 1. The first kappa shape index (κ1) is 20.9. The zero-order valence-corrected chi connectivity index (χ0v) is 17.7. The van der Waals surface area contributed by atoms with E-state index in [0.717, 1.165) is 50.6 Å². The highest BCUT2D eigenvalue weighted by molar-refractivity contribution is 5.77. The van der Waals surface area contributed by atoms with Gasteiger partial charge >= 0.3 is 0 Å². The van der Waals surface area contributed by atoms with Crippen LogP contribution in [0.1, 0.15) is 38.2 Å². The van der Waals surface area contributed by atoms with E-state index in [-0.39, 0.29) is 5.91 Å². The average molecular weight is 392 g/mol. The number of hydrogen-bond acceptors (Lipinski definition) is 3. The van der Waals surface area contributed by atoms with Crippen LogP contribution >= 0.6 is 0 Å². The number of quaternary nitrogens is 2. The molecule has 1 amide bonds. The van der Waals surface area contributed by atoms with Crippen LogP contribution < -0.4 is 24.6 Å². The third kappa shape index (κ3) is 5.61. The topological polar surface area (TPSA) is 56.4 Å². The summed E-state index contributed by atoms with van der Waals surface area (Å²) in [6, 6.07) is 6.37. The summed E-state index contributed by atoms with van der Waals surface area (Å²) in [4.78, 5) is 15.4. The van der Waals surface area contributed by atoms with E-state index >= 15 is 0 Å². The second kappa shape index (κ2) is 10.1. The van der Waals surface area contributed by atoms with Gasteiger partial charge in [0.1, 0.15) is 44.2 Å². The van der Waals surface area contributed by atoms with Crippen LogP contribution in [-0.2, 0) is 11.3 Å². The van der Waals surface area contributed by atoms with Crippen molar-refractivity contribution in [3.8, 4) is 11.5 Å². The molecule has 0 aromatic heterocycles. The maximum Gasteiger partial charge on any atom is 0.275 e. The molecule has 3 rings (SSSR count). The maximum absolute atomic E-state index is 12.5. The van der Waals surface area contributed by atoms with Crippen LogP contribution in [0.2, 0.25) is 0 Å². The molecule has 1 aromatic rings. The fraction of sp³-hybridized carbons (Fsp3) is 0.682. The van der Waals surface area contributed by atoms with E-state index in [2.05, 4.69) is 18.3 Å². The maximum atomic E-state index is 12.5. The van der Waals surface area contributed by atoms with Crippen LogP contribution in [0.5, 0.6) is 11.5 Å². The van der Waals surface area contributed by atoms with Gasteiger partial charge in [0.2, 0.25) is 0 Å². The first-order valence-electron chi connectivity index (χ1n) is 10.8. The van der Waals surface area contributed by atoms with Crippen molar-refractivity contribution in [1.82, 2.24) is 5.32 Å². The smallest absolute Gasteiger partial charge is 0.275 e. The number of carbonyl (C=O) groups is 1. The monoisotopic (exact) mass is 391 g/mol. The Morgan fingerprint density at radius 3 is 2.46 bits per heavy atom. The van der Waals surface area contributed by atoms with Crippen LogP contribution in [0, 0.1) is 5.92 Å². The summed E-state index contributed by atoms with van der Waals surface area (Å²) in [5, 5.41) is 3.30. The Labute approximate surface area is 169 Å². The molecule has 156 valence electrons. The van der Waals surface area contributed by atoms with Crippen molar-refractivity contribution in [3.05, 3.63) is 23.8 Å². The lowest BCUT2D eigenvalue weighted by atomic mass is 9.86. The van der Waals surface area contributed by atoms with Crippen LogP contribution in [0.3, 0.4) is 0 Å². The van der Waals surface area contributed by atoms with E-state index in [1.807, 2.05) is 12.1 Å². The van der Waals surface area contributed by atoms with Crippen molar-refractivity contribution in [2.24, 2.45) is 5.92 Å². The first-order chi connectivity index (χ1) is 13.6. The minimum atomic E-state index is 0.228. The summed E-state index contributed by atoms with van der Waals surface area (Å²) in [5.74, 6) is 2.63.